The fourth-order valence-electron chi connectivity index (χ4n) is 3.67. The summed E-state index contributed by atoms with van der Waals surface area (Å²) in [5, 5.41) is 1.45. The van der Waals surface area contributed by atoms with E-state index in [9.17, 15) is 13.2 Å². The van der Waals surface area contributed by atoms with Gasteiger partial charge in [-0.2, -0.15) is 0 Å². The maximum Gasteiger partial charge on any atom is 0.310 e. The van der Waals surface area contributed by atoms with Crippen molar-refractivity contribution in [1.82, 2.24) is 4.98 Å². The predicted molar refractivity (Wildman–Crippen MR) is 127 cm³/mol. The lowest BCUT2D eigenvalue weighted by Crippen LogP contribution is -2.07. The molecule has 0 aliphatic heterocycles. The number of para-hydroxylation sites is 1. The fraction of sp³-hybridized carbons (Fsp3) is 0.125. The van der Waals surface area contributed by atoms with E-state index in [1.165, 1.54) is 13.2 Å². The molecule has 1 N–H and O–H groups in total. The average molecular weight is 488 g/mol. The molecule has 3 aromatic carbocycles. The molecule has 4 rings (SSSR count). The third-order valence-electron chi connectivity index (χ3n) is 5.16. The third-order valence-corrected chi connectivity index (χ3v) is 7.56. The molecule has 164 valence electrons. The number of halogens is 2. The van der Waals surface area contributed by atoms with Gasteiger partial charge in [0.2, 0.25) is 0 Å². The van der Waals surface area contributed by atoms with Crippen LogP contribution in [0.3, 0.4) is 0 Å². The van der Waals surface area contributed by atoms with Gasteiger partial charge in [0, 0.05) is 15.9 Å². The first-order chi connectivity index (χ1) is 15.3. The Morgan fingerprint density at radius 2 is 1.78 bits per heavy atom. The number of carbonyl (C=O) groups is 1. The van der Waals surface area contributed by atoms with Gasteiger partial charge in [0.1, 0.15) is 0 Å². The SMILES string of the molecule is COC(=O)Cc1c(-c2ccc(Cl)c(S(=O)(=O)Cc3cccc(Cl)c3)c2)[nH]c2ccccc12. The minimum atomic E-state index is -3.76. The predicted octanol–water partition coefficient (Wildman–Crippen LogP) is 5.83. The molecule has 0 aliphatic carbocycles. The van der Waals surface area contributed by atoms with Gasteiger partial charge < -0.3 is 9.72 Å². The summed E-state index contributed by atoms with van der Waals surface area (Å²) in [6.45, 7) is 0. The van der Waals surface area contributed by atoms with Crippen LogP contribution in [-0.2, 0) is 31.5 Å². The lowest BCUT2D eigenvalue weighted by molar-refractivity contribution is -0.139. The Morgan fingerprint density at radius 1 is 1.00 bits per heavy atom. The van der Waals surface area contributed by atoms with Gasteiger partial charge in [0.25, 0.3) is 0 Å². The second kappa shape index (κ2) is 8.98. The summed E-state index contributed by atoms with van der Waals surface area (Å²) in [4.78, 5) is 15.4. The van der Waals surface area contributed by atoms with Crippen LogP contribution in [0.2, 0.25) is 10.0 Å². The molecule has 0 unspecified atom stereocenters. The molecule has 0 atom stereocenters. The largest absolute Gasteiger partial charge is 0.469 e. The highest BCUT2D eigenvalue weighted by molar-refractivity contribution is 7.90. The Morgan fingerprint density at radius 3 is 2.53 bits per heavy atom. The standard InChI is InChI=1S/C24H19Cl2NO4S/c1-31-23(28)13-19-18-7-2-3-8-21(18)27-24(19)16-9-10-20(26)22(12-16)32(29,30)14-15-5-4-6-17(25)11-15/h2-12,27H,13-14H2,1H3. The van der Waals surface area contributed by atoms with Crippen molar-refractivity contribution in [3.8, 4) is 11.3 Å². The maximum atomic E-state index is 13.2. The highest BCUT2D eigenvalue weighted by atomic mass is 35.5. The van der Waals surface area contributed by atoms with Crippen molar-refractivity contribution in [2.75, 3.05) is 7.11 Å². The monoisotopic (exact) mass is 487 g/mol. The van der Waals surface area contributed by atoms with Gasteiger partial charge in [-0.15, -0.1) is 0 Å². The lowest BCUT2D eigenvalue weighted by atomic mass is 10.0. The van der Waals surface area contributed by atoms with E-state index in [0.717, 1.165) is 16.5 Å². The highest BCUT2D eigenvalue weighted by Gasteiger charge is 2.22. The molecule has 1 heterocycles. The molecule has 0 spiro atoms. The average Bonchev–Trinajstić information content (AvgIpc) is 3.12. The number of H-pyrrole nitrogens is 1. The molecular weight excluding hydrogens is 469 g/mol. The summed E-state index contributed by atoms with van der Waals surface area (Å²) in [6, 6.07) is 19.1. The molecule has 8 heteroatoms. The molecule has 0 amide bonds. The number of methoxy groups -OCH3 is 1. The third kappa shape index (κ3) is 4.53. The molecule has 0 fully saturated rings. The second-order valence-corrected chi connectivity index (χ2v) is 10.1. The van der Waals surface area contributed by atoms with E-state index in [4.69, 9.17) is 27.9 Å². The molecule has 32 heavy (non-hydrogen) atoms. The Balaban J connectivity index is 1.82. The summed E-state index contributed by atoms with van der Waals surface area (Å²) >= 11 is 12.3. The Hall–Kier alpha value is -2.80. The molecular formula is C24H19Cl2NO4S. The van der Waals surface area contributed by atoms with Crippen LogP contribution in [0.15, 0.2) is 71.6 Å². The number of ether oxygens (including phenoxy) is 1. The van der Waals surface area contributed by atoms with E-state index < -0.39 is 15.8 Å². The van der Waals surface area contributed by atoms with E-state index in [-0.39, 0.29) is 22.1 Å². The van der Waals surface area contributed by atoms with Crippen molar-refractivity contribution in [1.29, 1.82) is 0 Å². The summed E-state index contributed by atoms with van der Waals surface area (Å²) in [7, 11) is -2.43. The fourth-order valence-corrected chi connectivity index (χ4v) is 5.80. The lowest BCUT2D eigenvalue weighted by Gasteiger charge is -2.10. The molecule has 4 aromatic rings. The van der Waals surface area contributed by atoms with E-state index in [1.807, 2.05) is 24.3 Å². The summed E-state index contributed by atoms with van der Waals surface area (Å²) in [5.74, 6) is -0.628. The second-order valence-electron chi connectivity index (χ2n) is 7.31. The van der Waals surface area contributed by atoms with Crippen LogP contribution >= 0.6 is 23.2 Å². The number of carbonyl (C=O) groups excluding carboxylic acids is 1. The van der Waals surface area contributed by atoms with Crippen molar-refractivity contribution in [2.45, 2.75) is 17.1 Å². The van der Waals surface area contributed by atoms with Crippen LogP contribution in [-0.4, -0.2) is 26.5 Å². The minimum Gasteiger partial charge on any atom is -0.469 e. The molecule has 5 nitrogen and oxygen atoms in total. The van der Waals surface area contributed by atoms with Crippen LogP contribution in [0, 0.1) is 0 Å². The molecule has 1 aromatic heterocycles. The van der Waals surface area contributed by atoms with Crippen molar-refractivity contribution in [2.24, 2.45) is 0 Å². The number of hydrogen-bond acceptors (Lipinski definition) is 4. The molecule has 0 bridgehead atoms. The number of benzene rings is 3. The van der Waals surface area contributed by atoms with Crippen molar-refractivity contribution >= 4 is 49.9 Å². The first-order valence-electron chi connectivity index (χ1n) is 9.72. The van der Waals surface area contributed by atoms with Crippen molar-refractivity contribution in [3.63, 3.8) is 0 Å². The van der Waals surface area contributed by atoms with Gasteiger partial charge in [-0.1, -0.05) is 59.6 Å². The van der Waals surface area contributed by atoms with Crippen LogP contribution in [0.5, 0.6) is 0 Å². The number of sulfone groups is 1. The first-order valence-corrected chi connectivity index (χ1v) is 12.1. The summed E-state index contributed by atoms with van der Waals surface area (Å²) < 4.78 is 31.2. The topological polar surface area (TPSA) is 76.2 Å². The number of esters is 1. The van der Waals surface area contributed by atoms with E-state index in [0.29, 0.717) is 21.8 Å². The number of rotatable bonds is 6. The summed E-state index contributed by atoms with van der Waals surface area (Å²) in [5.41, 5.74) is 3.38. The van der Waals surface area contributed by atoms with E-state index >= 15 is 0 Å². The summed E-state index contributed by atoms with van der Waals surface area (Å²) in [6.07, 6.45) is 0.0447. The zero-order valence-corrected chi connectivity index (χ0v) is 19.4. The zero-order valence-electron chi connectivity index (χ0n) is 17.1. The van der Waals surface area contributed by atoms with E-state index in [1.54, 1.807) is 36.4 Å². The number of aromatic amines is 1. The zero-order chi connectivity index (χ0) is 22.9. The minimum absolute atomic E-state index is 0.0133. The normalized spacial score (nSPS) is 11.6. The number of fused-ring (bicyclic) bond motifs is 1. The van der Waals surface area contributed by atoms with Crippen LogP contribution in [0.25, 0.3) is 22.2 Å². The molecule has 0 radical (unpaired) electrons. The Bertz CT molecular complexity index is 1430. The van der Waals surface area contributed by atoms with Crippen LogP contribution < -0.4 is 0 Å². The Kier molecular flexibility index (Phi) is 6.29. The number of aromatic nitrogens is 1. The molecule has 0 saturated heterocycles. The maximum absolute atomic E-state index is 13.2. The smallest absolute Gasteiger partial charge is 0.310 e. The molecule has 0 aliphatic rings. The quantitative estimate of drug-likeness (QED) is 0.347. The van der Waals surface area contributed by atoms with Gasteiger partial charge in [-0.3, -0.25) is 4.79 Å². The van der Waals surface area contributed by atoms with Gasteiger partial charge in [0.15, 0.2) is 9.84 Å². The van der Waals surface area contributed by atoms with Gasteiger partial charge in [0.05, 0.1) is 34.9 Å². The van der Waals surface area contributed by atoms with Crippen LogP contribution in [0.1, 0.15) is 11.1 Å². The van der Waals surface area contributed by atoms with Crippen molar-refractivity contribution < 1.29 is 17.9 Å². The van der Waals surface area contributed by atoms with Crippen molar-refractivity contribution in [3.05, 3.63) is 87.9 Å². The van der Waals surface area contributed by atoms with Crippen LogP contribution in [0.4, 0.5) is 0 Å². The van der Waals surface area contributed by atoms with Gasteiger partial charge >= 0.3 is 5.97 Å². The van der Waals surface area contributed by atoms with E-state index in [2.05, 4.69) is 4.98 Å². The number of hydrogen-bond donors (Lipinski definition) is 1. The van der Waals surface area contributed by atoms with Gasteiger partial charge in [-0.25, -0.2) is 8.42 Å². The van der Waals surface area contributed by atoms with Gasteiger partial charge in [-0.05, 0) is 47.0 Å². The first kappa shape index (κ1) is 22.4. The molecule has 0 saturated carbocycles. The number of nitrogens with one attached hydrogen (secondary N) is 1. The highest BCUT2D eigenvalue weighted by Crippen LogP contribution is 2.35. The Labute approximate surface area is 195 Å².